The highest BCUT2D eigenvalue weighted by molar-refractivity contribution is 7.80. The zero-order chi connectivity index (χ0) is 11.5. The Balaban J connectivity index is 3.00. The van der Waals surface area contributed by atoms with Gasteiger partial charge in [0.25, 0.3) is 0 Å². The fraction of sp³-hybridized carbons (Fsp3) is 0.222. The Hall–Kier alpha value is -1.35. The summed E-state index contributed by atoms with van der Waals surface area (Å²) in [5.74, 6) is -0.390. The van der Waals surface area contributed by atoms with Crippen molar-refractivity contribution < 1.29 is 17.9 Å². The van der Waals surface area contributed by atoms with Crippen LogP contribution in [0.1, 0.15) is 5.56 Å². The Morgan fingerprint density at radius 3 is 2.60 bits per heavy atom. The number of nitriles is 1. The summed E-state index contributed by atoms with van der Waals surface area (Å²) in [5, 5.41) is 8.42. The minimum Gasteiger partial charge on any atom is -0.405 e. The third-order valence-corrected chi connectivity index (χ3v) is 2.09. The van der Waals surface area contributed by atoms with Gasteiger partial charge in [0.15, 0.2) is 0 Å². The first kappa shape index (κ1) is 11.7. The standard InChI is InChI=1S/C9H6F3NOS/c10-9(11,12)14-7-3-1-2-6(4-5-13)8(7)15/h1-3,15H,4H2. The maximum Gasteiger partial charge on any atom is 0.573 e. The van der Waals surface area contributed by atoms with E-state index in [4.69, 9.17) is 5.26 Å². The minimum absolute atomic E-state index is 0.00606. The normalized spacial score (nSPS) is 10.9. The molecule has 0 aliphatic rings. The quantitative estimate of drug-likeness (QED) is 0.796. The summed E-state index contributed by atoms with van der Waals surface area (Å²) in [6, 6.07) is 5.88. The summed E-state index contributed by atoms with van der Waals surface area (Å²) in [6.45, 7) is 0. The summed E-state index contributed by atoms with van der Waals surface area (Å²) in [7, 11) is 0. The van der Waals surface area contributed by atoms with Crippen LogP contribution in [0.3, 0.4) is 0 Å². The van der Waals surface area contributed by atoms with Gasteiger partial charge in [-0.3, -0.25) is 0 Å². The highest BCUT2D eigenvalue weighted by Gasteiger charge is 2.32. The molecule has 0 fully saturated rings. The zero-order valence-corrected chi connectivity index (χ0v) is 8.27. The molecule has 80 valence electrons. The molecule has 0 bridgehead atoms. The topological polar surface area (TPSA) is 33.0 Å². The first-order valence-electron chi connectivity index (χ1n) is 3.87. The van der Waals surface area contributed by atoms with E-state index in [0.717, 1.165) is 6.07 Å². The van der Waals surface area contributed by atoms with Gasteiger partial charge in [-0.25, -0.2) is 0 Å². The SMILES string of the molecule is N#CCc1cccc(OC(F)(F)F)c1S. The molecule has 0 heterocycles. The number of halogens is 3. The fourth-order valence-electron chi connectivity index (χ4n) is 1.00. The zero-order valence-electron chi connectivity index (χ0n) is 7.38. The molecule has 6 heteroatoms. The Labute approximate surface area is 89.7 Å². The van der Waals surface area contributed by atoms with E-state index in [1.54, 1.807) is 0 Å². The van der Waals surface area contributed by atoms with Gasteiger partial charge in [0.05, 0.1) is 17.4 Å². The maximum absolute atomic E-state index is 11.9. The molecule has 0 aromatic heterocycles. The van der Waals surface area contributed by atoms with Crippen molar-refractivity contribution in [3.8, 4) is 11.8 Å². The molecule has 1 aromatic rings. The van der Waals surface area contributed by atoms with Crippen LogP contribution in [-0.2, 0) is 6.42 Å². The van der Waals surface area contributed by atoms with Crippen molar-refractivity contribution in [1.82, 2.24) is 0 Å². The molecule has 15 heavy (non-hydrogen) atoms. The van der Waals surface area contributed by atoms with Crippen LogP contribution in [0.25, 0.3) is 0 Å². The van der Waals surface area contributed by atoms with Crippen LogP contribution in [0.4, 0.5) is 13.2 Å². The number of nitrogens with zero attached hydrogens (tertiary/aromatic N) is 1. The van der Waals surface area contributed by atoms with Crippen LogP contribution in [0.15, 0.2) is 23.1 Å². The summed E-state index contributed by atoms with van der Waals surface area (Å²) in [5.41, 5.74) is 0.405. The van der Waals surface area contributed by atoms with Crippen molar-refractivity contribution in [2.24, 2.45) is 0 Å². The second-order valence-corrected chi connectivity index (χ2v) is 3.09. The highest BCUT2D eigenvalue weighted by Crippen LogP contribution is 2.31. The summed E-state index contributed by atoms with van der Waals surface area (Å²) in [4.78, 5) is 0.0383. The average Bonchev–Trinajstić information content (AvgIpc) is 2.10. The van der Waals surface area contributed by atoms with Crippen molar-refractivity contribution in [2.45, 2.75) is 17.7 Å². The molecule has 0 unspecified atom stereocenters. The largest absolute Gasteiger partial charge is 0.573 e. The van der Waals surface area contributed by atoms with Crippen LogP contribution in [-0.4, -0.2) is 6.36 Å². The number of hydrogen-bond donors (Lipinski definition) is 1. The molecule has 0 aliphatic heterocycles. The lowest BCUT2D eigenvalue weighted by Crippen LogP contribution is -2.17. The summed E-state index contributed by atoms with van der Waals surface area (Å²) in [6.07, 6.45) is -4.75. The predicted octanol–water partition coefficient (Wildman–Crippen LogP) is 2.94. The number of alkyl halides is 3. The number of benzene rings is 1. The van der Waals surface area contributed by atoms with Crippen LogP contribution in [0, 0.1) is 11.3 Å². The third kappa shape index (κ3) is 3.36. The van der Waals surface area contributed by atoms with Gasteiger partial charge in [-0.15, -0.1) is 25.8 Å². The van der Waals surface area contributed by atoms with Crippen LogP contribution in [0.5, 0.6) is 5.75 Å². The van der Waals surface area contributed by atoms with Crippen LogP contribution < -0.4 is 4.74 Å². The average molecular weight is 233 g/mol. The highest BCUT2D eigenvalue weighted by atomic mass is 32.1. The molecule has 0 atom stereocenters. The molecule has 2 nitrogen and oxygen atoms in total. The number of thiol groups is 1. The molecule has 0 saturated heterocycles. The van der Waals surface area contributed by atoms with E-state index in [2.05, 4.69) is 17.4 Å². The molecule has 0 amide bonds. The second kappa shape index (κ2) is 4.45. The minimum atomic E-state index is -4.75. The van der Waals surface area contributed by atoms with E-state index in [1.807, 2.05) is 6.07 Å². The van der Waals surface area contributed by atoms with E-state index < -0.39 is 12.1 Å². The van der Waals surface area contributed by atoms with Crippen molar-refractivity contribution in [3.63, 3.8) is 0 Å². The monoisotopic (exact) mass is 233 g/mol. The second-order valence-electron chi connectivity index (χ2n) is 2.65. The molecule has 0 N–H and O–H groups in total. The van der Waals surface area contributed by atoms with Crippen LogP contribution >= 0.6 is 12.6 Å². The molecule has 1 rings (SSSR count). The van der Waals surface area contributed by atoms with Gasteiger partial charge in [0.1, 0.15) is 5.75 Å². The van der Waals surface area contributed by atoms with Gasteiger partial charge in [0, 0.05) is 0 Å². The number of ether oxygens (including phenoxy) is 1. The third-order valence-electron chi connectivity index (χ3n) is 1.58. The predicted molar refractivity (Wildman–Crippen MR) is 49.7 cm³/mol. The first-order chi connectivity index (χ1) is 6.94. The molecule has 0 saturated carbocycles. The van der Waals surface area contributed by atoms with Crippen molar-refractivity contribution in [3.05, 3.63) is 23.8 Å². The van der Waals surface area contributed by atoms with Crippen molar-refractivity contribution in [2.75, 3.05) is 0 Å². The summed E-state index contributed by atoms with van der Waals surface area (Å²) < 4.78 is 39.5. The van der Waals surface area contributed by atoms with E-state index in [9.17, 15) is 13.2 Å². The van der Waals surface area contributed by atoms with E-state index in [0.29, 0.717) is 5.56 Å². The fourth-order valence-corrected chi connectivity index (χ4v) is 1.28. The van der Waals surface area contributed by atoms with Gasteiger partial charge in [-0.2, -0.15) is 5.26 Å². The summed E-state index contributed by atoms with van der Waals surface area (Å²) >= 11 is 3.88. The van der Waals surface area contributed by atoms with Crippen LogP contribution in [0.2, 0.25) is 0 Å². The Bertz CT molecular complexity index is 397. The van der Waals surface area contributed by atoms with E-state index in [-0.39, 0.29) is 11.3 Å². The lowest BCUT2D eigenvalue weighted by molar-refractivity contribution is -0.275. The van der Waals surface area contributed by atoms with Crippen molar-refractivity contribution >= 4 is 12.6 Å². The molecule has 1 aromatic carbocycles. The van der Waals surface area contributed by atoms with Gasteiger partial charge in [-0.1, -0.05) is 12.1 Å². The smallest absolute Gasteiger partial charge is 0.405 e. The van der Waals surface area contributed by atoms with Gasteiger partial charge in [-0.05, 0) is 11.6 Å². The lowest BCUT2D eigenvalue weighted by atomic mass is 10.1. The molecule has 0 spiro atoms. The van der Waals surface area contributed by atoms with Gasteiger partial charge < -0.3 is 4.74 Å². The maximum atomic E-state index is 11.9. The lowest BCUT2D eigenvalue weighted by Gasteiger charge is -2.12. The van der Waals surface area contributed by atoms with Gasteiger partial charge >= 0.3 is 6.36 Å². The number of hydrogen-bond acceptors (Lipinski definition) is 3. The van der Waals surface area contributed by atoms with Gasteiger partial charge in [0.2, 0.25) is 0 Å². The molecular formula is C9H6F3NOS. The van der Waals surface area contributed by atoms with E-state index in [1.165, 1.54) is 12.1 Å². The van der Waals surface area contributed by atoms with E-state index >= 15 is 0 Å². The van der Waals surface area contributed by atoms with Crippen molar-refractivity contribution in [1.29, 1.82) is 5.26 Å². The molecule has 0 aliphatic carbocycles. The Kier molecular flexibility index (Phi) is 3.48. The number of rotatable bonds is 2. The Morgan fingerprint density at radius 2 is 2.07 bits per heavy atom. The first-order valence-corrected chi connectivity index (χ1v) is 4.32. The molecule has 0 radical (unpaired) electrons. The Morgan fingerprint density at radius 1 is 1.40 bits per heavy atom. The molecular weight excluding hydrogens is 227 g/mol.